The van der Waals surface area contributed by atoms with Gasteiger partial charge in [0.1, 0.15) is 11.5 Å². The SMILES string of the molecule is Cc1cc(C(=O)N2CCCCC2CNC(=O)CCN)c(C)o1. The van der Waals surface area contributed by atoms with Gasteiger partial charge in [0, 0.05) is 32.1 Å². The number of likely N-dealkylation sites (tertiary alicyclic amines) is 1. The van der Waals surface area contributed by atoms with Crippen LogP contribution in [-0.4, -0.2) is 42.4 Å². The monoisotopic (exact) mass is 307 g/mol. The molecule has 2 heterocycles. The van der Waals surface area contributed by atoms with Crippen molar-refractivity contribution in [2.75, 3.05) is 19.6 Å². The number of furan rings is 1. The predicted molar refractivity (Wildman–Crippen MR) is 83.5 cm³/mol. The molecule has 122 valence electrons. The first-order chi connectivity index (χ1) is 10.5. The van der Waals surface area contributed by atoms with E-state index in [1.54, 1.807) is 6.07 Å². The van der Waals surface area contributed by atoms with Crippen molar-refractivity contribution in [2.45, 2.75) is 45.6 Å². The Hall–Kier alpha value is -1.82. The third-order valence-electron chi connectivity index (χ3n) is 4.07. The van der Waals surface area contributed by atoms with Gasteiger partial charge in [-0.15, -0.1) is 0 Å². The quantitative estimate of drug-likeness (QED) is 0.859. The highest BCUT2D eigenvalue weighted by molar-refractivity contribution is 5.95. The van der Waals surface area contributed by atoms with Gasteiger partial charge in [0.25, 0.3) is 5.91 Å². The highest BCUT2D eigenvalue weighted by atomic mass is 16.3. The minimum absolute atomic E-state index is 0.00729. The molecule has 2 rings (SSSR count). The average molecular weight is 307 g/mol. The first kappa shape index (κ1) is 16.5. The summed E-state index contributed by atoms with van der Waals surface area (Å²) in [5, 5.41) is 2.87. The van der Waals surface area contributed by atoms with Crippen molar-refractivity contribution < 1.29 is 14.0 Å². The third-order valence-corrected chi connectivity index (χ3v) is 4.07. The Balaban J connectivity index is 2.04. The van der Waals surface area contributed by atoms with E-state index >= 15 is 0 Å². The molecule has 0 spiro atoms. The Morgan fingerprint density at radius 3 is 2.82 bits per heavy atom. The zero-order chi connectivity index (χ0) is 16.1. The first-order valence-corrected chi connectivity index (χ1v) is 7.87. The second-order valence-corrected chi connectivity index (χ2v) is 5.82. The van der Waals surface area contributed by atoms with Gasteiger partial charge in [0.15, 0.2) is 0 Å². The van der Waals surface area contributed by atoms with Gasteiger partial charge in [0.2, 0.25) is 5.91 Å². The normalized spacial score (nSPS) is 18.3. The fraction of sp³-hybridized carbons (Fsp3) is 0.625. The van der Waals surface area contributed by atoms with Gasteiger partial charge in [-0.1, -0.05) is 0 Å². The summed E-state index contributed by atoms with van der Waals surface area (Å²) in [7, 11) is 0. The molecule has 1 aliphatic rings. The summed E-state index contributed by atoms with van der Waals surface area (Å²) < 4.78 is 5.46. The van der Waals surface area contributed by atoms with Crippen molar-refractivity contribution >= 4 is 11.8 Å². The maximum atomic E-state index is 12.7. The van der Waals surface area contributed by atoms with Crippen LogP contribution in [-0.2, 0) is 4.79 Å². The van der Waals surface area contributed by atoms with Crippen LogP contribution in [0.15, 0.2) is 10.5 Å². The molecule has 0 saturated carbocycles. The Bertz CT molecular complexity index is 539. The molecule has 1 aliphatic heterocycles. The highest BCUT2D eigenvalue weighted by Crippen LogP contribution is 2.22. The number of carbonyl (C=O) groups is 2. The van der Waals surface area contributed by atoms with E-state index in [1.807, 2.05) is 18.7 Å². The maximum absolute atomic E-state index is 12.7. The van der Waals surface area contributed by atoms with Gasteiger partial charge in [-0.2, -0.15) is 0 Å². The minimum Gasteiger partial charge on any atom is -0.466 e. The molecule has 1 atom stereocenters. The van der Waals surface area contributed by atoms with Crippen LogP contribution >= 0.6 is 0 Å². The Morgan fingerprint density at radius 2 is 2.18 bits per heavy atom. The van der Waals surface area contributed by atoms with Crippen molar-refractivity contribution in [3.8, 4) is 0 Å². The van der Waals surface area contributed by atoms with Crippen LogP contribution < -0.4 is 11.1 Å². The van der Waals surface area contributed by atoms with Gasteiger partial charge in [-0.3, -0.25) is 9.59 Å². The fourth-order valence-electron chi connectivity index (χ4n) is 2.93. The number of hydrogen-bond donors (Lipinski definition) is 2. The standard InChI is InChI=1S/C16H25N3O3/c1-11-9-14(12(2)22-11)16(21)19-8-4-3-5-13(19)10-18-15(20)6-7-17/h9,13H,3-8,10,17H2,1-2H3,(H,18,20). The van der Waals surface area contributed by atoms with Crippen molar-refractivity contribution in [1.29, 1.82) is 0 Å². The summed E-state index contributed by atoms with van der Waals surface area (Å²) in [4.78, 5) is 26.2. The number of nitrogens with two attached hydrogens (primary N) is 1. The summed E-state index contributed by atoms with van der Waals surface area (Å²) >= 11 is 0. The zero-order valence-corrected chi connectivity index (χ0v) is 13.4. The smallest absolute Gasteiger partial charge is 0.257 e. The lowest BCUT2D eigenvalue weighted by Crippen LogP contribution is -2.49. The summed E-state index contributed by atoms with van der Waals surface area (Å²) in [5.74, 6) is 1.33. The van der Waals surface area contributed by atoms with E-state index in [9.17, 15) is 9.59 Å². The predicted octanol–water partition coefficient (Wildman–Crippen LogP) is 1.36. The molecule has 3 N–H and O–H groups in total. The number of aryl methyl sites for hydroxylation is 2. The van der Waals surface area contributed by atoms with Crippen LogP contribution in [0, 0.1) is 13.8 Å². The van der Waals surface area contributed by atoms with Crippen LogP contribution in [0.2, 0.25) is 0 Å². The number of piperidine rings is 1. The van der Waals surface area contributed by atoms with Crippen LogP contribution in [0.1, 0.15) is 47.6 Å². The van der Waals surface area contributed by atoms with Crippen molar-refractivity contribution in [2.24, 2.45) is 5.73 Å². The van der Waals surface area contributed by atoms with Crippen LogP contribution in [0.3, 0.4) is 0 Å². The van der Waals surface area contributed by atoms with Gasteiger partial charge in [-0.05, 0) is 39.2 Å². The van der Waals surface area contributed by atoms with Crippen molar-refractivity contribution in [3.63, 3.8) is 0 Å². The molecule has 1 aromatic rings. The molecule has 0 bridgehead atoms. The first-order valence-electron chi connectivity index (χ1n) is 7.87. The Morgan fingerprint density at radius 1 is 1.41 bits per heavy atom. The zero-order valence-electron chi connectivity index (χ0n) is 13.4. The fourth-order valence-corrected chi connectivity index (χ4v) is 2.93. The van der Waals surface area contributed by atoms with E-state index in [0.29, 0.717) is 30.8 Å². The van der Waals surface area contributed by atoms with Crippen molar-refractivity contribution in [3.05, 3.63) is 23.2 Å². The number of nitrogens with one attached hydrogen (secondary N) is 1. The molecule has 0 aromatic carbocycles. The topological polar surface area (TPSA) is 88.6 Å². The van der Waals surface area contributed by atoms with Gasteiger partial charge in [0.05, 0.1) is 5.56 Å². The molecular weight excluding hydrogens is 282 g/mol. The lowest BCUT2D eigenvalue weighted by atomic mass is 10.0. The lowest BCUT2D eigenvalue weighted by molar-refractivity contribution is -0.121. The van der Waals surface area contributed by atoms with Crippen LogP contribution in [0.5, 0.6) is 0 Å². The Labute approximate surface area is 131 Å². The van der Waals surface area contributed by atoms with Gasteiger partial charge in [-0.25, -0.2) is 0 Å². The molecule has 2 amide bonds. The summed E-state index contributed by atoms with van der Waals surface area (Å²) in [6, 6.07) is 1.83. The molecule has 22 heavy (non-hydrogen) atoms. The molecule has 6 nitrogen and oxygen atoms in total. The summed E-state index contributed by atoms with van der Waals surface area (Å²) in [6.07, 6.45) is 3.30. The van der Waals surface area contributed by atoms with Gasteiger partial charge >= 0.3 is 0 Å². The molecule has 1 saturated heterocycles. The third kappa shape index (κ3) is 3.88. The summed E-state index contributed by atoms with van der Waals surface area (Å²) in [5.41, 5.74) is 6.00. The molecule has 0 radical (unpaired) electrons. The van der Waals surface area contributed by atoms with E-state index in [-0.39, 0.29) is 17.9 Å². The minimum atomic E-state index is -0.0594. The van der Waals surface area contributed by atoms with E-state index in [2.05, 4.69) is 5.32 Å². The van der Waals surface area contributed by atoms with Crippen LogP contribution in [0.4, 0.5) is 0 Å². The second kappa shape index (κ2) is 7.45. The molecule has 1 unspecified atom stereocenters. The van der Waals surface area contributed by atoms with Crippen LogP contribution in [0.25, 0.3) is 0 Å². The number of nitrogens with zero attached hydrogens (tertiary/aromatic N) is 1. The second-order valence-electron chi connectivity index (χ2n) is 5.82. The highest BCUT2D eigenvalue weighted by Gasteiger charge is 2.29. The number of hydrogen-bond acceptors (Lipinski definition) is 4. The van der Waals surface area contributed by atoms with Gasteiger partial charge < -0.3 is 20.4 Å². The molecule has 0 aliphatic carbocycles. The lowest BCUT2D eigenvalue weighted by Gasteiger charge is -2.35. The Kier molecular flexibility index (Phi) is 5.60. The van der Waals surface area contributed by atoms with E-state index in [1.165, 1.54) is 0 Å². The van der Waals surface area contributed by atoms with E-state index in [4.69, 9.17) is 10.2 Å². The molecular formula is C16H25N3O3. The molecule has 1 aromatic heterocycles. The molecule has 1 fully saturated rings. The maximum Gasteiger partial charge on any atom is 0.257 e. The number of rotatable bonds is 5. The summed E-state index contributed by atoms with van der Waals surface area (Å²) in [6.45, 7) is 5.19. The van der Waals surface area contributed by atoms with E-state index < -0.39 is 0 Å². The number of amides is 2. The molecule has 6 heteroatoms. The van der Waals surface area contributed by atoms with E-state index in [0.717, 1.165) is 31.6 Å². The number of carbonyl (C=O) groups excluding carboxylic acids is 2. The van der Waals surface area contributed by atoms with Crippen molar-refractivity contribution in [1.82, 2.24) is 10.2 Å². The average Bonchev–Trinajstić information content (AvgIpc) is 2.84. The largest absolute Gasteiger partial charge is 0.466 e.